The van der Waals surface area contributed by atoms with E-state index < -0.39 is 0 Å². The lowest BCUT2D eigenvalue weighted by Gasteiger charge is -2.15. The Labute approximate surface area is 161 Å². The van der Waals surface area contributed by atoms with E-state index in [4.69, 9.17) is 0 Å². The lowest BCUT2D eigenvalue weighted by Crippen LogP contribution is -2.20. The van der Waals surface area contributed by atoms with Crippen LogP contribution in [0.1, 0.15) is 33.0 Å². The standard InChI is InChI=1S/C20H22N4O2S/c1-11-10-13(23(3)4)7-8-14(11)21-18(25)17-12(2)16-19(27-17)22-15-6-5-9-24(15)20(16)26/h7-8,10H,5-6,9H2,1-4H3,(H,21,25). The molecule has 1 aromatic carbocycles. The molecule has 27 heavy (non-hydrogen) atoms. The van der Waals surface area contributed by atoms with Crippen LogP contribution >= 0.6 is 11.3 Å². The summed E-state index contributed by atoms with van der Waals surface area (Å²) in [6.07, 6.45) is 1.77. The molecule has 0 bridgehead atoms. The van der Waals surface area contributed by atoms with Gasteiger partial charge in [-0.05, 0) is 49.6 Å². The fourth-order valence-corrected chi connectivity index (χ4v) is 4.62. The Balaban J connectivity index is 1.71. The average molecular weight is 382 g/mol. The van der Waals surface area contributed by atoms with Crippen molar-refractivity contribution in [1.29, 1.82) is 0 Å². The van der Waals surface area contributed by atoms with Gasteiger partial charge in [-0.3, -0.25) is 14.2 Å². The van der Waals surface area contributed by atoms with Crippen LogP contribution in [0, 0.1) is 13.8 Å². The summed E-state index contributed by atoms with van der Waals surface area (Å²) in [5.41, 5.74) is 3.54. The fraction of sp³-hybridized carbons (Fsp3) is 0.350. The number of rotatable bonds is 3. The molecule has 0 atom stereocenters. The molecule has 0 unspecified atom stereocenters. The van der Waals surface area contributed by atoms with E-state index in [2.05, 4.69) is 10.3 Å². The highest BCUT2D eigenvalue weighted by Gasteiger charge is 2.23. The van der Waals surface area contributed by atoms with Crippen LogP contribution in [0.2, 0.25) is 0 Å². The third-order valence-electron chi connectivity index (χ3n) is 5.09. The molecule has 1 amide bonds. The zero-order valence-corrected chi connectivity index (χ0v) is 16.7. The highest BCUT2D eigenvalue weighted by molar-refractivity contribution is 7.20. The van der Waals surface area contributed by atoms with E-state index in [0.29, 0.717) is 21.6 Å². The number of thiophene rings is 1. The summed E-state index contributed by atoms with van der Waals surface area (Å²) in [7, 11) is 3.97. The number of nitrogens with one attached hydrogen (secondary N) is 1. The number of hydrogen-bond acceptors (Lipinski definition) is 5. The molecule has 0 aliphatic carbocycles. The first-order chi connectivity index (χ1) is 12.9. The van der Waals surface area contributed by atoms with Gasteiger partial charge in [0.05, 0.1) is 10.3 Å². The van der Waals surface area contributed by atoms with E-state index in [0.717, 1.165) is 41.2 Å². The Morgan fingerprint density at radius 3 is 2.78 bits per heavy atom. The van der Waals surface area contributed by atoms with Crippen molar-refractivity contribution in [3.8, 4) is 0 Å². The summed E-state index contributed by atoms with van der Waals surface area (Å²) in [5, 5.41) is 3.57. The first-order valence-corrected chi connectivity index (χ1v) is 9.80. The quantitative estimate of drug-likeness (QED) is 0.754. The van der Waals surface area contributed by atoms with Crippen molar-refractivity contribution >= 4 is 38.8 Å². The average Bonchev–Trinajstić information content (AvgIpc) is 3.21. The molecule has 140 valence electrons. The molecule has 0 spiro atoms. The van der Waals surface area contributed by atoms with Gasteiger partial charge in [-0.1, -0.05) is 0 Å². The Morgan fingerprint density at radius 1 is 1.30 bits per heavy atom. The summed E-state index contributed by atoms with van der Waals surface area (Å²) >= 11 is 1.30. The smallest absolute Gasteiger partial charge is 0.266 e. The Morgan fingerprint density at radius 2 is 2.07 bits per heavy atom. The van der Waals surface area contributed by atoms with E-state index in [1.54, 1.807) is 4.57 Å². The van der Waals surface area contributed by atoms with E-state index >= 15 is 0 Å². The molecule has 2 aromatic heterocycles. The second-order valence-corrected chi connectivity index (χ2v) is 8.17. The Kier molecular flexibility index (Phi) is 4.26. The van der Waals surface area contributed by atoms with Crippen LogP contribution in [-0.4, -0.2) is 29.6 Å². The summed E-state index contributed by atoms with van der Waals surface area (Å²) < 4.78 is 1.74. The minimum Gasteiger partial charge on any atom is -0.378 e. The highest BCUT2D eigenvalue weighted by Crippen LogP contribution is 2.30. The van der Waals surface area contributed by atoms with Crippen LogP contribution in [0.25, 0.3) is 10.2 Å². The second-order valence-electron chi connectivity index (χ2n) is 7.17. The van der Waals surface area contributed by atoms with Gasteiger partial charge in [-0.25, -0.2) is 4.98 Å². The van der Waals surface area contributed by atoms with Crippen molar-refractivity contribution in [2.45, 2.75) is 33.2 Å². The maximum absolute atomic E-state index is 12.9. The number of aryl methyl sites for hydroxylation is 3. The summed E-state index contributed by atoms with van der Waals surface area (Å²) in [6.45, 7) is 4.52. The number of aromatic nitrogens is 2. The fourth-order valence-electron chi connectivity index (χ4n) is 3.54. The number of anilines is 2. The van der Waals surface area contributed by atoms with Gasteiger partial charge in [0.2, 0.25) is 0 Å². The van der Waals surface area contributed by atoms with Gasteiger partial charge >= 0.3 is 0 Å². The molecular formula is C20H22N4O2S. The minimum absolute atomic E-state index is 0.0215. The van der Waals surface area contributed by atoms with Crippen LogP contribution < -0.4 is 15.8 Å². The number of fused-ring (bicyclic) bond motifs is 2. The number of carbonyl (C=O) groups is 1. The van der Waals surface area contributed by atoms with E-state index in [9.17, 15) is 9.59 Å². The lowest BCUT2D eigenvalue weighted by molar-refractivity contribution is 0.103. The van der Waals surface area contributed by atoms with Crippen LogP contribution in [-0.2, 0) is 13.0 Å². The van der Waals surface area contributed by atoms with Gasteiger partial charge in [-0.15, -0.1) is 11.3 Å². The van der Waals surface area contributed by atoms with Crippen molar-refractivity contribution < 1.29 is 4.79 Å². The molecule has 1 aliphatic rings. The van der Waals surface area contributed by atoms with Gasteiger partial charge in [-0.2, -0.15) is 0 Å². The van der Waals surface area contributed by atoms with Crippen molar-refractivity contribution in [3.63, 3.8) is 0 Å². The number of carbonyl (C=O) groups excluding carboxylic acids is 1. The summed E-state index contributed by atoms with van der Waals surface area (Å²) in [4.78, 5) is 33.5. The predicted molar refractivity (Wildman–Crippen MR) is 110 cm³/mol. The maximum atomic E-state index is 12.9. The third-order valence-corrected chi connectivity index (χ3v) is 6.28. The van der Waals surface area contributed by atoms with E-state index in [1.807, 2.05) is 51.0 Å². The predicted octanol–water partition coefficient (Wildman–Crippen LogP) is 3.34. The normalized spacial score (nSPS) is 13.0. The third kappa shape index (κ3) is 2.92. The van der Waals surface area contributed by atoms with Gasteiger partial charge in [0.15, 0.2) is 0 Å². The first-order valence-electron chi connectivity index (χ1n) is 8.99. The molecule has 3 heterocycles. The van der Waals surface area contributed by atoms with Crippen molar-refractivity contribution in [1.82, 2.24) is 9.55 Å². The maximum Gasteiger partial charge on any atom is 0.266 e. The van der Waals surface area contributed by atoms with Crippen LogP contribution in [0.3, 0.4) is 0 Å². The Hall–Kier alpha value is -2.67. The molecule has 7 heteroatoms. The molecule has 4 rings (SSSR count). The molecular weight excluding hydrogens is 360 g/mol. The summed E-state index contributed by atoms with van der Waals surface area (Å²) in [5.74, 6) is 0.636. The Bertz CT molecular complexity index is 1130. The van der Waals surface area contributed by atoms with Gasteiger partial charge in [0.1, 0.15) is 10.7 Å². The number of nitrogens with zero attached hydrogens (tertiary/aromatic N) is 3. The molecule has 0 fully saturated rings. The number of amides is 1. The largest absolute Gasteiger partial charge is 0.378 e. The molecule has 6 nitrogen and oxygen atoms in total. The number of hydrogen-bond donors (Lipinski definition) is 1. The van der Waals surface area contributed by atoms with Gasteiger partial charge in [0, 0.05) is 38.4 Å². The zero-order valence-electron chi connectivity index (χ0n) is 15.9. The molecule has 0 radical (unpaired) electrons. The minimum atomic E-state index is -0.194. The van der Waals surface area contributed by atoms with E-state index in [-0.39, 0.29) is 11.5 Å². The molecule has 1 aliphatic heterocycles. The monoisotopic (exact) mass is 382 g/mol. The second kappa shape index (κ2) is 6.49. The molecule has 1 N–H and O–H groups in total. The SMILES string of the molecule is Cc1cc(N(C)C)ccc1NC(=O)c1sc2nc3n(c(=O)c2c1C)CCC3. The highest BCUT2D eigenvalue weighted by atomic mass is 32.1. The van der Waals surface area contributed by atoms with Crippen LogP contribution in [0.15, 0.2) is 23.0 Å². The van der Waals surface area contributed by atoms with Crippen molar-refractivity contribution in [3.05, 3.63) is 50.4 Å². The lowest BCUT2D eigenvalue weighted by atomic mass is 10.1. The zero-order chi connectivity index (χ0) is 19.3. The van der Waals surface area contributed by atoms with E-state index in [1.165, 1.54) is 11.3 Å². The van der Waals surface area contributed by atoms with Crippen LogP contribution in [0.4, 0.5) is 11.4 Å². The van der Waals surface area contributed by atoms with Crippen molar-refractivity contribution in [2.75, 3.05) is 24.3 Å². The molecule has 3 aromatic rings. The number of benzene rings is 1. The molecule has 0 saturated carbocycles. The van der Waals surface area contributed by atoms with Gasteiger partial charge in [0.25, 0.3) is 11.5 Å². The summed E-state index contributed by atoms with van der Waals surface area (Å²) in [6, 6.07) is 5.91. The van der Waals surface area contributed by atoms with Crippen molar-refractivity contribution in [2.24, 2.45) is 0 Å². The van der Waals surface area contributed by atoms with Crippen LogP contribution in [0.5, 0.6) is 0 Å². The topological polar surface area (TPSA) is 67.2 Å². The first kappa shape index (κ1) is 17.7. The van der Waals surface area contributed by atoms with Gasteiger partial charge < -0.3 is 10.2 Å². The molecule has 0 saturated heterocycles.